The number of methoxy groups -OCH3 is 1. The van der Waals surface area contributed by atoms with Crippen molar-refractivity contribution >= 4 is 26.7 Å². The van der Waals surface area contributed by atoms with Crippen molar-refractivity contribution in [1.82, 2.24) is 14.8 Å². The highest BCUT2D eigenvalue weighted by Gasteiger charge is 2.08. The Kier molecular flexibility index (Phi) is 3.08. The van der Waals surface area contributed by atoms with Gasteiger partial charge in [-0.3, -0.25) is 4.68 Å². The van der Waals surface area contributed by atoms with Crippen LogP contribution in [0.15, 0.2) is 30.6 Å². The summed E-state index contributed by atoms with van der Waals surface area (Å²) in [7, 11) is 3.57. The minimum atomic E-state index is 0.718. The molecule has 98 valence electrons. The Balaban J connectivity index is 1.81. The fourth-order valence-electron chi connectivity index (χ4n) is 1.90. The van der Waals surface area contributed by atoms with Crippen molar-refractivity contribution < 1.29 is 4.74 Å². The van der Waals surface area contributed by atoms with Crippen molar-refractivity contribution in [1.29, 1.82) is 0 Å². The number of anilines is 1. The van der Waals surface area contributed by atoms with Gasteiger partial charge in [-0.2, -0.15) is 5.10 Å². The van der Waals surface area contributed by atoms with E-state index in [1.54, 1.807) is 23.1 Å². The molecule has 3 rings (SSSR count). The summed E-state index contributed by atoms with van der Waals surface area (Å²) in [5.41, 5.74) is 2.04. The third-order valence-corrected chi connectivity index (χ3v) is 3.78. The molecule has 5 nitrogen and oxygen atoms in total. The monoisotopic (exact) mass is 274 g/mol. The lowest BCUT2D eigenvalue weighted by atomic mass is 10.3. The zero-order chi connectivity index (χ0) is 13.2. The first-order chi connectivity index (χ1) is 9.26. The van der Waals surface area contributed by atoms with E-state index in [4.69, 9.17) is 4.74 Å². The predicted molar refractivity (Wildman–Crippen MR) is 76.7 cm³/mol. The fourth-order valence-corrected chi connectivity index (χ4v) is 2.78. The quantitative estimate of drug-likeness (QED) is 0.794. The minimum Gasteiger partial charge on any atom is -0.494 e. The number of ether oxygens (including phenoxy) is 1. The van der Waals surface area contributed by atoms with E-state index in [-0.39, 0.29) is 0 Å². The molecule has 0 radical (unpaired) electrons. The first-order valence-corrected chi connectivity index (χ1v) is 6.73. The molecule has 0 spiro atoms. The summed E-state index contributed by atoms with van der Waals surface area (Å²) < 4.78 is 8.22. The molecule has 1 N–H and O–H groups in total. The van der Waals surface area contributed by atoms with Gasteiger partial charge in [0, 0.05) is 25.4 Å². The van der Waals surface area contributed by atoms with Crippen LogP contribution in [-0.2, 0) is 13.6 Å². The van der Waals surface area contributed by atoms with E-state index in [2.05, 4.69) is 15.4 Å². The molecule has 0 saturated heterocycles. The summed E-state index contributed by atoms with van der Waals surface area (Å²) in [5, 5.41) is 8.34. The average Bonchev–Trinajstić information content (AvgIpc) is 3.01. The van der Waals surface area contributed by atoms with Crippen molar-refractivity contribution in [2.75, 3.05) is 12.4 Å². The third-order valence-electron chi connectivity index (χ3n) is 2.80. The molecule has 6 heteroatoms. The number of rotatable bonds is 4. The van der Waals surface area contributed by atoms with Gasteiger partial charge in [-0.05, 0) is 12.1 Å². The summed E-state index contributed by atoms with van der Waals surface area (Å²) in [5.74, 6) is 0.808. The van der Waals surface area contributed by atoms with Crippen molar-refractivity contribution in [2.24, 2.45) is 7.05 Å². The lowest BCUT2D eigenvalue weighted by molar-refractivity contribution is 0.419. The number of benzene rings is 1. The van der Waals surface area contributed by atoms with E-state index in [0.717, 1.165) is 33.2 Å². The van der Waals surface area contributed by atoms with Crippen LogP contribution in [0.1, 0.15) is 5.56 Å². The lowest BCUT2D eigenvalue weighted by Gasteiger charge is -1.99. The fraction of sp³-hybridized carbons (Fsp3) is 0.231. The molecular weight excluding hydrogens is 260 g/mol. The van der Waals surface area contributed by atoms with Gasteiger partial charge < -0.3 is 10.1 Å². The SMILES string of the molecule is COc1cccc2sc(NCc3cnn(C)c3)nc12. The molecule has 0 fully saturated rings. The average molecular weight is 274 g/mol. The minimum absolute atomic E-state index is 0.718. The van der Waals surface area contributed by atoms with Gasteiger partial charge in [-0.15, -0.1) is 0 Å². The van der Waals surface area contributed by atoms with Crippen LogP contribution >= 0.6 is 11.3 Å². The van der Waals surface area contributed by atoms with E-state index in [1.165, 1.54) is 0 Å². The number of thiazole rings is 1. The van der Waals surface area contributed by atoms with Gasteiger partial charge in [0.05, 0.1) is 18.0 Å². The first-order valence-electron chi connectivity index (χ1n) is 5.91. The van der Waals surface area contributed by atoms with Gasteiger partial charge in [-0.1, -0.05) is 17.4 Å². The number of para-hydroxylation sites is 1. The van der Waals surface area contributed by atoms with E-state index < -0.39 is 0 Å². The lowest BCUT2D eigenvalue weighted by Crippen LogP contribution is -1.97. The summed E-state index contributed by atoms with van der Waals surface area (Å²) in [4.78, 5) is 4.56. The van der Waals surface area contributed by atoms with Crippen LogP contribution in [-0.4, -0.2) is 21.9 Å². The van der Waals surface area contributed by atoms with Crippen molar-refractivity contribution in [3.63, 3.8) is 0 Å². The van der Waals surface area contributed by atoms with Gasteiger partial charge in [0.25, 0.3) is 0 Å². The highest BCUT2D eigenvalue weighted by atomic mass is 32.1. The molecular formula is C13H14N4OS. The van der Waals surface area contributed by atoms with Crippen molar-refractivity contribution in [3.8, 4) is 5.75 Å². The second-order valence-electron chi connectivity index (χ2n) is 4.20. The van der Waals surface area contributed by atoms with Crippen LogP contribution in [0.2, 0.25) is 0 Å². The second-order valence-corrected chi connectivity index (χ2v) is 5.23. The highest BCUT2D eigenvalue weighted by molar-refractivity contribution is 7.22. The molecule has 0 aliphatic carbocycles. The summed E-state index contributed by atoms with van der Waals surface area (Å²) >= 11 is 1.62. The normalized spacial score (nSPS) is 10.8. The van der Waals surface area contributed by atoms with E-state index in [0.29, 0.717) is 0 Å². The van der Waals surface area contributed by atoms with Gasteiger partial charge in [0.1, 0.15) is 11.3 Å². The van der Waals surface area contributed by atoms with Gasteiger partial charge in [-0.25, -0.2) is 4.98 Å². The number of fused-ring (bicyclic) bond motifs is 1. The topological polar surface area (TPSA) is 52.0 Å². The zero-order valence-electron chi connectivity index (χ0n) is 10.8. The predicted octanol–water partition coefficient (Wildman–Crippen LogP) is 2.65. The zero-order valence-corrected chi connectivity index (χ0v) is 11.6. The maximum absolute atomic E-state index is 5.31. The molecule has 1 aromatic carbocycles. The number of hydrogen-bond donors (Lipinski definition) is 1. The molecule has 3 aromatic rings. The Bertz CT molecular complexity index is 704. The van der Waals surface area contributed by atoms with Crippen molar-refractivity contribution in [2.45, 2.75) is 6.54 Å². The molecule has 19 heavy (non-hydrogen) atoms. The Morgan fingerprint density at radius 3 is 3.05 bits per heavy atom. The van der Waals surface area contributed by atoms with Crippen molar-refractivity contribution in [3.05, 3.63) is 36.2 Å². The van der Waals surface area contributed by atoms with Crippen LogP contribution in [0.5, 0.6) is 5.75 Å². The number of nitrogens with one attached hydrogen (secondary N) is 1. The number of aromatic nitrogens is 3. The van der Waals surface area contributed by atoms with Crippen LogP contribution < -0.4 is 10.1 Å². The van der Waals surface area contributed by atoms with Crippen LogP contribution in [0.4, 0.5) is 5.13 Å². The number of hydrogen-bond acceptors (Lipinski definition) is 5. The van der Waals surface area contributed by atoms with Crippen LogP contribution in [0.3, 0.4) is 0 Å². The first kappa shape index (κ1) is 12.0. The Morgan fingerprint density at radius 2 is 2.32 bits per heavy atom. The standard InChI is InChI=1S/C13H14N4OS/c1-17-8-9(7-15-17)6-14-13-16-12-10(18-2)4-3-5-11(12)19-13/h3-5,7-8H,6H2,1-2H3,(H,14,16). The summed E-state index contributed by atoms with van der Waals surface area (Å²) in [6, 6.07) is 5.95. The second kappa shape index (κ2) is 4.89. The summed E-state index contributed by atoms with van der Waals surface area (Å²) in [6.45, 7) is 0.718. The molecule has 0 aliphatic heterocycles. The molecule has 2 aromatic heterocycles. The Hall–Kier alpha value is -2.08. The van der Waals surface area contributed by atoms with E-state index in [1.807, 2.05) is 37.6 Å². The maximum Gasteiger partial charge on any atom is 0.184 e. The molecule has 0 unspecified atom stereocenters. The van der Waals surface area contributed by atoms with Gasteiger partial charge in [0.15, 0.2) is 5.13 Å². The van der Waals surface area contributed by atoms with E-state index in [9.17, 15) is 0 Å². The largest absolute Gasteiger partial charge is 0.494 e. The summed E-state index contributed by atoms with van der Waals surface area (Å²) in [6.07, 6.45) is 3.84. The third kappa shape index (κ3) is 2.39. The van der Waals surface area contributed by atoms with E-state index >= 15 is 0 Å². The molecule has 2 heterocycles. The van der Waals surface area contributed by atoms with Crippen LogP contribution in [0.25, 0.3) is 10.2 Å². The maximum atomic E-state index is 5.31. The highest BCUT2D eigenvalue weighted by Crippen LogP contribution is 2.32. The molecule has 0 atom stereocenters. The Morgan fingerprint density at radius 1 is 1.42 bits per heavy atom. The molecule has 0 amide bonds. The van der Waals surface area contributed by atoms with Gasteiger partial charge in [0.2, 0.25) is 0 Å². The Labute approximate surface area is 114 Å². The molecule has 0 saturated carbocycles. The smallest absolute Gasteiger partial charge is 0.184 e. The van der Waals surface area contributed by atoms with Gasteiger partial charge >= 0.3 is 0 Å². The number of aryl methyl sites for hydroxylation is 1. The van der Waals surface area contributed by atoms with Crippen LogP contribution in [0, 0.1) is 0 Å². The molecule has 0 bridgehead atoms. The molecule has 0 aliphatic rings. The number of nitrogens with zero attached hydrogens (tertiary/aromatic N) is 3.